The Kier molecular flexibility index (Phi) is 3.59. The van der Waals surface area contributed by atoms with Gasteiger partial charge in [0.15, 0.2) is 0 Å². The first kappa shape index (κ1) is 11.6. The van der Waals surface area contributed by atoms with E-state index in [2.05, 4.69) is 41.3 Å². The Bertz CT molecular complexity index is 299. The van der Waals surface area contributed by atoms with Gasteiger partial charge in [-0.25, -0.2) is 4.98 Å². The van der Waals surface area contributed by atoms with Crippen molar-refractivity contribution in [3.63, 3.8) is 0 Å². The van der Waals surface area contributed by atoms with Gasteiger partial charge in [0.05, 0.1) is 6.04 Å². The molecule has 0 bridgehead atoms. The zero-order valence-corrected chi connectivity index (χ0v) is 10.4. The molecule has 1 aromatic rings. The molecule has 4 nitrogen and oxygen atoms in total. The van der Waals surface area contributed by atoms with Gasteiger partial charge in [0.25, 0.3) is 0 Å². The second-order valence-electron chi connectivity index (χ2n) is 5.37. The van der Waals surface area contributed by atoms with E-state index in [1.54, 1.807) is 6.33 Å². The largest absolute Gasteiger partial charge is 0.305 e. The van der Waals surface area contributed by atoms with Gasteiger partial charge in [0.2, 0.25) is 0 Å². The number of H-pyrrole nitrogens is 1. The molecular weight excluding hydrogens is 200 g/mol. The molecule has 0 saturated heterocycles. The van der Waals surface area contributed by atoms with Gasteiger partial charge in [-0.1, -0.05) is 13.8 Å². The van der Waals surface area contributed by atoms with Gasteiger partial charge >= 0.3 is 0 Å². The molecule has 0 aliphatic heterocycles. The van der Waals surface area contributed by atoms with E-state index in [-0.39, 0.29) is 6.04 Å². The first-order valence-corrected chi connectivity index (χ1v) is 6.26. The first-order valence-electron chi connectivity index (χ1n) is 6.26. The minimum absolute atomic E-state index is 0.269. The van der Waals surface area contributed by atoms with E-state index in [4.69, 9.17) is 0 Å². The van der Waals surface area contributed by atoms with Crippen LogP contribution in [0.1, 0.15) is 51.9 Å². The van der Waals surface area contributed by atoms with Gasteiger partial charge in [0, 0.05) is 6.04 Å². The van der Waals surface area contributed by atoms with Crippen molar-refractivity contribution in [2.24, 2.45) is 11.8 Å². The molecule has 2 N–H and O–H groups in total. The Labute approximate surface area is 97.2 Å². The smallest absolute Gasteiger partial charge is 0.141 e. The summed E-state index contributed by atoms with van der Waals surface area (Å²) in [5.74, 6) is 2.61. The van der Waals surface area contributed by atoms with Gasteiger partial charge in [-0.2, -0.15) is 5.10 Å². The number of aromatic amines is 1. The van der Waals surface area contributed by atoms with Crippen LogP contribution in [0, 0.1) is 11.8 Å². The lowest BCUT2D eigenvalue weighted by Crippen LogP contribution is -2.38. The summed E-state index contributed by atoms with van der Waals surface area (Å²) in [7, 11) is 0. The van der Waals surface area contributed by atoms with Crippen LogP contribution in [-0.4, -0.2) is 21.2 Å². The topological polar surface area (TPSA) is 53.6 Å². The summed E-state index contributed by atoms with van der Waals surface area (Å²) >= 11 is 0. The van der Waals surface area contributed by atoms with Crippen molar-refractivity contribution in [3.05, 3.63) is 12.2 Å². The zero-order valence-electron chi connectivity index (χ0n) is 10.4. The normalized spacial score (nSPS) is 32.6. The standard InChI is InChI=1S/C12H22N4/c1-8-4-9(2)6-11(5-8)15-10(3)12-13-7-14-16-12/h7-11,15H,4-6H2,1-3H3,(H,13,14,16). The molecule has 90 valence electrons. The number of nitrogens with zero attached hydrogens (tertiary/aromatic N) is 2. The number of nitrogens with one attached hydrogen (secondary N) is 2. The third-order valence-corrected chi connectivity index (χ3v) is 3.51. The predicted molar refractivity (Wildman–Crippen MR) is 63.9 cm³/mol. The summed E-state index contributed by atoms with van der Waals surface area (Å²) in [5.41, 5.74) is 0. The Morgan fingerprint density at radius 2 is 2.00 bits per heavy atom. The zero-order chi connectivity index (χ0) is 11.5. The molecule has 0 radical (unpaired) electrons. The van der Waals surface area contributed by atoms with Gasteiger partial charge in [-0.15, -0.1) is 0 Å². The highest BCUT2D eigenvalue weighted by Crippen LogP contribution is 2.29. The third kappa shape index (κ3) is 2.82. The van der Waals surface area contributed by atoms with Crippen LogP contribution in [0.5, 0.6) is 0 Å². The van der Waals surface area contributed by atoms with E-state index in [1.165, 1.54) is 19.3 Å². The number of aromatic nitrogens is 3. The van der Waals surface area contributed by atoms with Gasteiger partial charge in [0.1, 0.15) is 12.2 Å². The molecule has 1 heterocycles. The van der Waals surface area contributed by atoms with Crippen LogP contribution in [-0.2, 0) is 0 Å². The average molecular weight is 222 g/mol. The molecule has 16 heavy (non-hydrogen) atoms. The molecule has 1 aliphatic carbocycles. The second-order valence-corrected chi connectivity index (χ2v) is 5.37. The third-order valence-electron chi connectivity index (χ3n) is 3.51. The van der Waals surface area contributed by atoms with Crippen LogP contribution in [0.4, 0.5) is 0 Å². The van der Waals surface area contributed by atoms with E-state index in [1.807, 2.05) is 0 Å². The predicted octanol–water partition coefficient (Wildman–Crippen LogP) is 2.28. The number of hydrogen-bond acceptors (Lipinski definition) is 3. The molecule has 0 aromatic carbocycles. The Balaban J connectivity index is 1.89. The monoisotopic (exact) mass is 222 g/mol. The lowest BCUT2D eigenvalue weighted by molar-refractivity contribution is 0.227. The Morgan fingerprint density at radius 3 is 2.56 bits per heavy atom. The fourth-order valence-corrected chi connectivity index (χ4v) is 2.94. The van der Waals surface area contributed by atoms with E-state index in [9.17, 15) is 0 Å². The van der Waals surface area contributed by atoms with Crippen molar-refractivity contribution in [1.29, 1.82) is 0 Å². The van der Waals surface area contributed by atoms with E-state index in [0.717, 1.165) is 17.7 Å². The summed E-state index contributed by atoms with van der Waals surface area (Å²) < 4.78 is 0. The summed E-state index contributed by atoms with van der Waals surface area (Å²) in [6.07, 6.45) is 5.50. The Hall–Kier alpha value is -0.900. The maximum atomic E-state index is 4.19. The van der Waals surface area contributed by atoms with Crippen molar-refractivity contribution in [2.45, 2.75) is 52.1 Å². The lowest BCUT2D eigenvalue weighted by atomic mass is 9.80. The molecule has 0 spiro atoms. The van der Waals surface area contributed by atoms with Crippen molar-refractivity contribution < 1.29 is 0 Å². The molecule has 2 rings (SSSR count). The molecule has 3 unspecified atom stereocenters. The molecule has 1 fully saturated rings. The molecular formula is C12H22N4. The fraction of sp³-hybridized carbons (Fsp3) is 0.833. The van der Waals surface area contributed by atoms with Gasteiger partial charge in [-0.3, -0.25) is 5.10 Å². The minimum atomic E-state index is 0.269. The average Bonchev–Trinajstić information content (AvgIpc) is 2.68. The van der Waals surface area contributed by atoms with Crippen LogP contribution in [0.25, 0.3) is 0 Å². The summed E-state index contributed by atoms with van der Waals surface area (Å²) in [6.45, 7) is 6.84. The van der Waals surface area contributed by atoms with Crippen LogP contribution >= 0.6 is 0 Å². The highest BCUT2D eigenvalue weighted by Gasteiger charge is 2.25. The quantitative estimate of drug-likeness (QED) is 0.825. The Morgan fingerprint density at radius 1 is 1.31 bits per heavy atom. The van der Waals surface area contributed by atoms with E-state index in [0.29, 0.717) is 6.04 Å². The molecule has 1 aliphatic rings. The van der Waals surface area contributed by atoms with Gasteiger partial charge in [-0.05, 0) is 38.0 Å². The second kappa shape index (κ2) is 4.95. The van der Waals surface area contributed by atoms with Crippen LogP contribution in [0.3, 0.4) is 0 Å². The van der Waals surface area contributed by atoms with Crippen molar-refractivity contribution >= 4 is 0 Å². The maximum Gasteiger partial charge on any atom is 0.141 e. The van der Waals surface area contributed by atoms with Crippen molar-refractivity contribution in [2.75, 3.05) is 0 Å². The van der Waals surface area contributed by atoms with Crippen molar-refractivity contribution in [1.82, 2.24) is 20.5 Å². The lowest BCUT2D eigenvalue weighted by Gasteiger charge is -2.33. The highest BCUT2D eigenvalue weighted by atomic mass is 15.2. The van der Waals surface area contributed by atoms with Crippen LogP contribution < -0.4 is 5.32 Å². The minimum Gasteiger partial charge on any atom is -0.305 e. The molecule has 4 heteroatoms. The van der Waals surface area contributed by atoms with Crippen molar-refractivity contribution in [3.8, 4) is 0 Å². The van der Waals surface area contributed by atoms with Crippen LogP contribution in [0.2, 0.25) is 0 Å². The molecule has 1 saturated carbocycles. The molecule has 3 atom stereocenters. The SMILES string of the molecule is CC1CC(C)CC(NC(C)c2ncn[nH]2)C1. The van der Waals surface area contributed by atoms with Gasteiger partial charge < -0.3 is 5.32 Å². The first-order chi connectivity index (χ1) is 7.65. The molecule has 1 aromatic heterocycles. The van der Waals surface area contributed by atoms with E-state index >= 15 is 0 Å². The number of rotatable bonds is 3. The number of hydrogen-bond donors (Lipinski definition) is 2. The van der Waals surface area contributed by atoms with E-state index < -0.39 is 0 Å². The summed E-state index contributed by atoms with van der Waals surface area (Å²) in [5, 5.41) is 10.5. The maximum absolute atomic E-state index is 4.19. The van der Waals surface area contributed by atoms with Crippen LogP contribution in [0.15, 0.2) is 6.33 Å². The highest BCUT2D eigenvalue weighted by molar-refractivity contribution is 4.91. The fourth-order valence-electron chi connectivity index (χ4n) is 2.94. The summed E-state index contributed by atoms with van der Waals surface area (Å²) in [4.78, 5) is 4.19. The molecule has 0 amide bonds. The summed E-state index contributed by atoms with van der Waals surface area (Å²) in [6, 6.07) is 0.892.